The molecule has 0 spiro atoms. The second-order valence-corrected chi connectivity index (χ2v) is 5.30. The van der Waals surface area contributed by atoms with Gasteiger partial charge in [-0.3, -0.25) is 20.4 Å². The Morgan fingerprint density at radius 2 is 1.43 bits per heavy atom. The minimum absolute atomic E-state index is 0.0485. The molecule has 0 aliphatic heterocycles. The van der Waals surface area contributed by atoms with Gasteiger partial charge in [-0.15, -0.1) is 0 Å². The summed E-state index contributed by atoms with van der Waals surface area (Å²) < 4.78 is 16.7. The second-order valence-electron chi connectivity index (χ2n) is 5.30. The lowest BCUT2D eigenvalue weighted by atomic mass is 10.1. The number of ether oxygens (including phenoxy) is 3. The highest BCUT2D eigenvalue weighted by atomic mass is 16.5. The Morgan fingerprint density at radius 1 is 0.893 bits per heavy atom. The largest absolute Gasteiger partial charge is 0.490 e. The highest BCUT2D eigenvalue weighted by Gasteiger charge is 2.19. The smallest absolute Gasteiger partial charge is 0.292 e. The van der Waals surface area contributed by atoms with Crippen molar-refractivity contribution in [3.05, 3.63) is 35.8 Å². The van der Waals surface area contributed by atoms with Gasteiger partial charge in [0.05, 0.1) is 19.8 Å². The Kier molecular flexibility index (Phi) is 7.37. The fraction of sp³-hybridized carbons (Fsp3) is 0.333. The van der Waals surface area contributed by atoms with Crippen LogP contribution in [0.25, 0.3) is 0 Å². The van der Waals surface area contributed by atoms with Crippen LogP contribution in [0.1, 0.15) is 41.6 Å². The van der Waals surface area contributed by atoms with Crippen LogP contribution in [0.2, 0.25) is 0 Å². The number of nitrogen functional groups attached to an aromatic ring is 1. The van der Waals surface area contributed by atoms with E-state index >= 15 is 0 Å². The number of hydrogen-bond acceptors (Lipinski definition) is 8. The van der Waals surface area contributed by atoms with Gasteiger partial charge in [-0.05, 0) is 32.9 Å². The van der Waals surface area contributed by atoms with Crippen molar-refractivity contribution in [1.82, 2.24) is 20.8 Å². The quantitative estimate of drug-likeness (QED) is 0.575. The molecule has 4 N–H and O–H groups in total. The molecular formula is C18H23N5O5. The molecule has 28 heavy (non-hydrogen) atoms. The third kappa shape index (κ3) is 5.00. The Hall–Kier alpha value is -3.56. The summed E-state index contributed by atoms with van der Waals surface area (Å²) in [4.78, 5) is 32.2. The highest BCUT2D eigenvalue weighted by Crippen LogP contribution is 2.39. The van der Waals surface area contributed by atoms with E-state index < -0.39 is 11.8 Å². The number of benzene rings is 1. The summed E-state index contributed by atoms with van der Waals surface area (Å²) in [5.41, 5.74) is 10.3. The molecule has 1 heterocycles. The number of carbonyl (C=O) groups is 2. The maximum Gasteiger partial charge on any atom is 0.292 e. The second kappa shape index (κ2) is 9.95. The summed E-state index contributed by atoms with van der Waals surface area (Å²) in [6, 6.07) is 3.02. The van der Waals surface area contributed by atoms with Gasteiger partial charge in [0.25, 0.3) is 11.8 Å². The summed E-state index contributed by atoms with van der Waals surface area (Å²) in [7, 11) is 0. The monoisotopic (exact) mass is 389 g/mol. The van der Waals surface area contributed by atoms with E-state index in [4.69, 9.17) is 19.9 Å². The van der Waals surface area contributed by atoms with Gasteiger partial charge < -0.3 is 19.9 Å². The third-order valence-corrected chi connectivity index (χ3v) is 3.40. The number of rotatable bonds is 8. The lowest BCUT2D eigenvalue weighted by Crippen LogP contribution is -2.42. The molecule has 2 amide bonds. The number of nitrogens with one attached hydrogen (secondary N) is 2. The van der Waals surface area contributed by atoms with Crippen molar-refractivity contribution >= 4 is 17.6 Å². The highest BCUT2D eigenvalue weighted by molar-refractivity contribution is 6.00. The predicted molar refractivity (Wildman–Crippen MR) is 101 cm³/mol. The third-order valence-electron chi connectivity index (χ3n) is 3.40. The van der Waals surface area contributed by atoms with Crippen molar-refractivity contribution in [3.63, 3.8) is 0 Å². The van der Waals surface area contributed by atoms with E-state index in [0.29, 0.717) is 37.1 Å². The average Bonchev–Trinajstić information content (AvgIpc) is 2.68. The van der Waals surface area contributed by atoms with Crippen molar-refractivity contribution in [2.45, 2.75) is 20.8 Å². The van der Waals surface area contributed by atoms with Crippen LogP contribution in [0.5, 0.6) is 17.2 Å². The van der Waals surface area contributed by atoms with Gasteiger partial charge in [0.1, 0.15) is 0 Å². The number of nitrogens with zero attached hydrogens (tertiary/aromatic N) is 2. The summed E-state index contributed by atoms with van der Waals surface area (Å²) in [5, 5.41) is 0. The Labute approximate surface area is 162 Å². The topological polar surface area (TPSA) is 138 Å². The van der Waals surface area contributed by atoms with Crippen LogP contribution in [0, 0.1) is 0 Å². The first-order valence-corrected chi connectivity index (χ1v) is 8.75. The Bertz CT molecular complexity index is 816. The van der Waals surface area contributed by atoms with Crippen molar-refractivity contribution in [2.75, 3.05) is 25.6 Å². The molecule has 150 valence electrons. The van der Waals surface area contributed by atoms with Crippen molar-refractivity contribution in [2.24, 2.45) is 0 Å². The minimum atomic E-state index is -0.694. The lowest BCUT2D eigenvalue weighted by Gasteiger charge is -2.17. The van der Waals surface area contributed by atoms with Crippen LogP contribution in [-0.4, -0.2) is 41.6 Å². The van der Waals surface area contributed by atoms with Gasteiger partial charge in [0.15, 0.2) is 23.0 Å². The SMILES string of the molecule is CCOc1cc(C(=O)NNC(=O)c2nccnc2N)cc(OCC)c1OCC. The van der Waals surface area contributed by atoms with Gasteiger partial charge in [0, 0.05) is 18.0 Å². The molecule has 10 heteroatoms. The zero-order chi connectivity index (χ0) is 20.5. The van der Waals surface area contributed by atoms with Crippen molar-refractivity contribution < 1.29 is 23.8 Å². The average molecular weight is 389 g/mol. The van der Waals surface area contributed by atoms with Gasteiger partial charge in [0.2, 0.25) is 5.75 Å². The number of amides is 2. The van der Waals surface area contributed by atoms with E-state index in [1.54, 1.807) is 0 Å². The van der Waals surface area contributed by atoms with Crippen LogP contribution < -0.4 is 30.8 Å². The molecule has 0 fully saturated rings. The zero-order valence-electron chi connectivity index (χ0n) is 15.9. The molecule has 1 aromatic carbocycles. The summed E-state index contributed by atoms with van der Waals surface area (Å²) >= 11 is 0. The molecule has 0 unspecified atom stereocenters. The number of hydrazine groups is 1. The van der Waals surface area contributed by atoms with E-state index in [2.05, 4.69) is 20.8 Å². The Balaban J connectivity index is 2.21. The predicted octanol–water partition coefficient (Wildman–Crippen LogP) is 1.33. The van der Waals surface area contributed by atoms with E-state index in [1.807, 2.05) is 20.8 Å². The molecule has 0 aliphatic carbocycles. The lowest BCUT2D eigenvalue weighted by molar-refractivity contribution is 0.0843. The molecule has 2 rings (SSSR count). The number of carbonyl (C=O) groups excluding carboxylic acids is 2. The molecule has 0 radical (unpaired) electrons. The first-order chi connectivity index (χ1) is 13.5. The number of anilines is 1. The molecule has 0 saturated heterocycles. The standard InChI is InChI=1S/C18H23N5O5/c1-4-26-12-9-11(10-13(27-5-2)15(12)28-6-3)17(24)22-23-18(25)14-16(19)21-8-7-20-14/h7-10H,4-6H2,1-3H3,(H2,19,21)(H,22,24)(H,23,25). The summed E-state index contributed by atoms with van der Waals surface area (Å²) in [6.07, 6.45) is 2.68. The van der Waals surface area contributed by atoms with E-state index in [0.717, 1.165) is 0 Å². The molecule has 0 atom stereocenters. The van der Waals surface area contributed by atoms with Crippen LogP contribution in [0.15, 0.2) is 24.5 Å². The first-order valence-electron chi connectivity index (χ1n) is 8.75. The molecule has 10 nitrogen and oxygen atoms in total. The fourth-order valence-electron chi connectivity index (χ4n) is 2.29. The van der Waals surface area contributed by atoms with Gasteiger partial charge >= 0.3 is 0 Å². The van der Waals surface area contributed by atoms with Gasteiger partial charge in [-0.25, -0.2) is 9.97 Å². The fourth-order valence-corrected chi connectivity index (χ4v) is 2.29. The maximum absolute atomic E-state index is 12.5. The first kappa shape index (κ1) is 20.7. The van der Waals surface area contributed by atoms with Crippen molar-refractivity contribution in [1.29, 1.82) is 0 Å². The summed E-state index contributed by atoms with van der Waals surface area (Å²) in [6.45, 7) is 6.61. The molecule has 0 saturated carbocycles. The number of aromatic nitrogens is 2. The number of hydrogen-bond donors (Lipinski definition) is 3. The van der Waals surface area contributed by atoms with Crippen molar-refractivity contribution in [3.8, 4) is 17.2 Å². The van der Waals surface area contributed by atoms with Gasteiger partial charge in [-0.1, -0.05) is 0 Å². The number of nitrogens with two attached hydrogens (primary N) is 1. The molecule has 2 aromatic rings. The maximum atomic E-state index is 12.5. The van der Waals surface area contributed by atoms with E-state index in [1.165, 1.54) is 24.5 Å². The normalized spacial score (nSPS) is 10.1. The van der Waals surface area contributed by atoms with Crippen LogP contribution in [0.3, 0.4) is 0 Å². The molecule has 0 aliphatic rings. The van der Waals surface area contributed by atoms with Crippen LogP contribution in [-0.2, 0) is 0 Å². The molecular weight excluding hydrogens is 366 g/mol. The molecule has 0 bridgehead atoms. The molecule has 1 aromatic heterocycles. The zero-order valence-corrected chi connectivity index (χ0v) is 15.9. The van der Waals surface area contributed by atoms with E-state index in [9.17, 15) is 9.59 Å². The van der Waals surface area contributed by atoms with Crippen LogP contribution in [0.4, 0.5) is 5.82 Å². The Morgan fingerprint density at radius 3 is 1.96 bits per heavy atom. The van der Waals surface area contributed by atoms with Gasteiger partial charge in [-0.2, -0.15) is 0 Å². The van der Waals surface area contributed by atoms with Crippen LogP contribution >= 0.6 is 0 Å². The van der Waals surface area contributed by atoms with E-state index in [-0.39, 0.29) is 17.1 Å². The minimum Gasteiger partial charge on any atom is -0.490 e. The summed E-state index contributed by atoms with van der Waals surface area (Å²) in [5.74, 6) is -0.178.